The minimum atomic E-state index is 0.243. The Morgan fingerprint density at radius 2 is 2.21 bits per heavy atom. The Kier molecular flexibility index (Phi) is 4.74. The molecule has 0 saturated heterocycles. The van der Waals surface area contributed by atoms with Crippen LogP contribution in [0.3, 0.4) is 0 Å². The number of hydrogen-bond donors (Lipinski definition) is 1. The Bertz CT molecular complexity index is 492. The molecule has 1 N–H and O–H groups in total. The van der Waals surface area contributed by atoms with Crippen LogP contribution in [0, 0.1) is 6.92 Å². The molecule has 0 aromatic carbocycles. The van der Waals surface area contributed by atoms with E-state index in [2.05, 4.69) is 36.3 Å². The fraction of sp³-hybridized carbons (Fsp3) is 0.438. The van der Waals surface area contributed by atoms with Crippen molar-refractivity contribution in [2.75, 3.05) is 6.54 Å². The molecule has 2 aromatic heterocycles. The van der Waals surface area contributed by atoms with Crippen molar-refractivity contribution in [3.05, 3.63) is 53.7 Å². The lowest BCUT2D eigenvalue weighted by molar-refractivity contribution is 0.452. The fourth-order valence-corrected chi connectivity index (χ4v) is 2.33. The van der Waals surface area contributed by atoms with Crippen molar-refractivity contribution in [3.8, 4) is 0 Å². The minimum absolute atomic E-state index is 0.243. The van der Waals surface area contributed by atoms with Gasteiger partial charge in [-0.15, -0.1) is 0 Å². The Hall–Kier alpha value is -1.61. The van der Waals surface area contributed by atoms with Gasteiger partial charge in [-0.2, -0.15) is 0 Å². The standard InChI is InChI=1S/C16H22N2O/c1-4-8-18-16(14-10-12(2)19-11-14)13(3)15-7-5-6-9-17-15/h5-7,9-11,13,16,18H,4,8H2,1-3H3. The molecule has 0 aliphatic rings. The quantitative estimate of drug-likeness (QED) is 0.855. The topological polar surface area (TPSA) is 38.1 Å². The van der Waals surface area contributed by atoms with Gasteiger partial charge in [0.05, 0.1) is 6.26 Å². The van der Waals surface area contributed by atoms with E-state index in [0.29, 0.717) is 5.92 Å². The first kappa shape index (κ1) is 13.8. The lowest BCUT2D eigenvalue weighted by atomic mass is 9.92. The average Bonchev–Trinajstić information content (AvgIpc) is 2.86. The van der Waals surface area contributed by atoms with Crippen LogP contribution in [0.4, 0.5) is 0 Å². The normalized spacial score (nSPS) is 14.3. The predicted molar refractivity (Wildman–Crippen MR) is 77.1 cm³/mol. The van der Waals surface area contributed by atoms with E-state index >= 15 is 0 Å². The van der Waals surface area contributed by atoms with E-state index in [1.54, 1.807) is 0 Å². The van der Waals surface area contributed by atoms with Gasteiger partial charge in [0, 0.05) is 29.4 Å². The summed E-state index contributed by atoms with van der Waals surface area (Å²) in [6.07, 6.45) is 4.81. The molecule has 2 atom stereocenters. The minimum Gasteiger partial charge on any atom is -0.469 e. The maximum atomic E-state index is 5.45. The molecule has 19 heavy (non-hydrogen) atoms. The number of hydrogen-bond acceptors (Lipinski definition) is 3. The summed E-state index contributed by atoms with van der Waals surface area (Å²) in [5, 5.41) is 3.60. The summed E-state index contributed by atoms with van der Waals surface area (Å²) in [6, 6.07) is 8.42. The molecule has 0 aliphatic carbocycles. The molecule has 3 nitrogen and oxygen atoms in total. The fourth-order valence-electron chi connectivity index (χ4n) is 2.33. The first-order valence-electron chi connectivity index (χ1n) is 6.91. The molecule has 0 saturated carbocycles. The zero-order chi connectivity index (χ0) is 13.7. The third-order valence-corrected chi connectivity index (χ3v) is 3.38. The SMILES string of the molecule is CCCNC(c1coc(C)c1)C(C)c1ccccn1. The van der Waals surface area contributed by atoms with E-state index in [4.69, 9.17) is 4.42 Å². The van der Waals surface area contributed by atoms with Crippen molar-refractivity contribution < 1.29 is 4.42 Å². The number of aromatic nitrogens is 1. The molecular formula is C16H22N2O. The van der Waals surface area contributed by atoms with Crippen LogP contribution in [0.25, 0.3) is 0 Å². The summed E-state index contributed by atoms with van der Waals surface area (Å²) in [5.41, 5.74) is 2.30. The molecule has 2 rings (SSSR count). The van der Waals surface area contributed by atoms with Crippen molar-refractivity contribution >= 4 is 0 Å². The Morgan fingerprint density at radius 3 is 2.79 bits per heavy atom. The van der Waals surface area contributed by atoms with Gasteiger partial charge in [0.25, 0.3) is 0 Å². The van der Waals surface area contributed by atoms with Crippen molar-refractivity contribution in [2.24, 2.45) is 0 Å². The molecule has 3 heteroatoms. The van der Waals surface area contributed by atoms with Gasteiger partial charge in [-0.25, -0.2) is 0 Å². The molecule has 0 amide bonds. The number of rotatable bonds is 6. The van der Waals surface area contributed by atoms with Crippen LogP contribution in [0.15, 0.2) is 41.1 Å². The molecule has 2 aromatic rings. The van der Waals surface area contributed by atoms with Gasteiger partial charge in [-0.3, -0.25) is 4.98 Å². The summed E-state index contributed by atoms with van der Waals surface area (Å²) in [7, 11) is 0. The molecule has 102 valence electrons. The molecule has 0 aliphatic heterocycles. The van der Waals surface area contributed by atoms with E-state index in [9.17, 15) is 0 Å². The maximum Gasteiger partial charge on any atom is 0.101 e. The molecule has 0 radical (unpaired) electrons. The molecule has 0 spiro atoms. The van der Waals surface area contributed by atoms with E-state index in [0.717, 1.165) is 24.4 Å². The number of pyridine rings is 1. The van der Waals surface area contributed by atoms with Gasteiger partial charge < -0.3 is 9.73 Å². The van der Waals surface area contributed by atoms with Crippen molar-refractivity contribution in [3.63, 3.8) is 0 Å². The lowest BCUT2D eigenvalue weighted by Crippen LogP contribution is -2.26. The largest absolute Gasteiger partial charge is 0.469 e. The van der Waals surface area contributed by atoms with Gasteiger partial charge in [0.1, 0.15) is 5.76 Å². The molecule has 0 bridgehead atoms. The molecule has 0 fully saturated rings. The maximum absolute atomic E-state index is 5.45. The van der Waals surface area contributed by atoms with E-state index in [-0.39, 0.29) is 6.04 Å². The summed E-state index contributed by atoms with van der Waals surface area (Å²) in [6.45, 7) is 7.35. The molecular weight excluding hydrogens is 236 g/mol. The Balaban J connectivity index is 2.22. The predicted octanol–water partition coefficient (Wildman–Crippen LogP) is 3.83. The zero-order valence-corrected chi connectivity index (χ0v) is 11.9. The highest BCUT2D eigenvalue weighted by Gasteiger charge is 2.22. The van der Waals surface area contributed by atoms with Gasteiger partial charge in [0.2, 0.25) is 0 Å². The number of aryl methyl sites for hydroxylation is 1. The van der Waals surface area contributed by atoms with Crippen LogP contribution in [0.5, 0.6) is 0 Å². The van der Waals surface area contributed by atoms with E-state index in [1.165, 1.54) is 5.56 Å². The highest BCUT2D eigenvalue weighted by molar-refractivity contribution is 5.22. The van der Waals surface area contributed by atoms with E-state index < -0.39 is 0 Å². The highest BCUT2D eigenvalue weighted by atomic mass is 16.3. The van der Waals surface area contributed by atoms with Gasteiger partial charge >= 0.3 is 0 Å². The number of nitrogens with one attached hydrogen (secondary N) is 1. The van der Waals surface area contributed by atoms with Crippen LogP contribution >= 0.6 is 0 Å². The van der Waals surface area contributed by atoms with Gasteiger partial charge in [-0.1, -0.05) is 19.9 Å². The summed E-state index contributed by atoms with van der Waals surface area (Å²) < 4.78 is 5.45. The zero-order valence-electron chi connectivity index (χ0n) is 11.9. The number of furan rings is 1. The second kappa shape index (κ2) is 6.53. The first-order chi connectivity index (χ1) is 9.22. The van der Waals surface area contributed by atoms with Crippen molar-refractivity contribution in [1.29, 1.82) is 0 Å². The molecule has 2 heterocycles. The van der Waals surface area contributed by atoms with Crippen molar-refractivity contribution in [1.82, 2.24) is 10.3 Å². The van der Waals surface area contributed by atoms with Gasteiger partial charge in [-0.05, 0) is 38.1 Å². The summed E-state index contributed by atoms with van der Waals surface area (Å²) in [5.74, 6) is 1.26. The molecule has 2 unspecified atom stereocenters. The van der Waals surface area contributed by atoms with Crippen LogP contribution in [0.2, 0.25) is 0 Å². The Labute approximate surface area is 115 Å². The van der Waals surface area contributed by atoms with Gasteiger partial charge in [0.15, 0.2) is 0 Å². The second-order valence-corrected chi connectivity index (χ2v) is 4.97. The monoisotopic (exact) mass is 258 g/mol. The van der Waals surface area contributed by atoms with Crippen LogP contribution in [0.1, 0.15) is 49.2 Å². The average molecular weight is 258 g/mol. The van der Waals surface area contributed by atoms with E-state index in [1.807, 2.05) is 31.5 Å². The highest BCUT2D eigenvalue weighted by Crippen LogP contribution is 2.30. The van der Waals surface area contributed by atoms with Crippen molar-refractivity contribution in [2.45, 2.75) is 39.2 Å². The summed E-state index contributed by atoms with van der Waals surface area (Å²) in [4.78, 5) is 4.47. The van der Waals surface area contributed by atoms with Crippen LogP contribution in [-0.4, -0.2) is 11.5 Å². The van der Waals surface area contributed by atoms with Crippen LogP contribution in [-0.2, 0) is 0 Å². The first-order valence-corrected chi connectivity index (χ1v) is 6.91. The lowest BCUT2D eigenvalue weighted by Gasteiger charge is -2.23. The van der Waals surface area contributed by atoms with Crippen LogP contribution < -0.4 is 5.32 Å². The number of nitrogens with zero attached hydrogens (tertiary/aromatic N) is 1. The second-order valence-electron chi connectivity index (χ2n) is 4.97. The Morgan fingerprint density at radius 1 is 1.37 bits per heavy atom. The third kappa shape index (κ3) is 3.44. The smallest absolute Gasteiger partial charge is 0.101 e. The third-order valence-electron chi connectivity index (χ3n) is 3.38. The summed E-state index contributed by atoms with van der Waals surface area (Å²) >= 11 is 0.